The van der Waals surface area contributed by atoms with E-state index in [-0.39, 0.29) is 0 Å². The molecule has 1 aromatic heterocycles. The average Bonchev–Trinajstić information content (AvgIpc) is 2.55. The molecule has 5 heteroatoms. The van der Waals surface area contributed by atoms with Crippen molar-refractivity contribution in [2.24, 2.45) is 0 Å². The van der Waals surface area contributed by atoms with E-state index in [9.17, 15) is 0 Å². The van der Waals surface area contributed by atoms with Gasteiger partial charge >= 0.3 is 0 Å². The third-order valence-electron chi connectivity index (χ3n) is 3.08. The van der Waals surface area contributed by atoms with Gasteiger partial charge in [-0.3, -0.25) is 0 Å². The molecule has 106 valence electrons. The van der Waals surface area contributed by atoms with Crippen LogP contribution in [-0.4, -0.2) is 24.2 Å². The van der Waals surface area contributed by atoms with Crippen molar-refractivity contribution in [1.82, 2.24) is 9.97 Å². The van der Waals surface area contributed by atoms with E-state index in [0.29, 0.717) is 5.75 Å². The highest BCUT2D eigenvalue weighted by Gasteiger charge is 2.09. The lowest BCUT2D eigenvalue weighted by Gasteiger charge is -2.09. The number of ether oxygens (including phenoxy) is 2. The van der Waals surface area contributed by atoms with E-state index in [1.165, 1.54) is 0 Å². The van der Waals surface area contributed by atoms with Crippen LogP contribution in [0.3, 0.4) is 0 Å². The minimum Gasteiger partial charge on any atom is -0.493 e. The van der Waals surface area contributed by atoms with Crippen LogP contribution in [0, 0.1) is 0 Å². The summed E-state index contributed by atoms with van der Waals surface area (Å²) >= 11 is 1.58. The number of para-hydroxylation sites is 1. The Morgan fingerprint density at radius 1 is 0.905 bits per heavy atom. The van der Waals surface area contributed by atoms with Gasteiger partial charge in [0, 0.05) is 10.3 Å². The number of benzene rings is 2. The van der Waals surface area contributed by atoms with Crippen molar-refractivity contribution >= 4 is 22.7 Å². The highest BCUT2D eigenvalue weighted by atomic mass is 32.2. The molecule has 0 unspecified atom stereocenters. The number of aromatic nitrogens is 2. The van der Waals surface area contributed by atoms with Gasteiger partial charge in [0.2, 0.25) is 0 Å². The van der Waals surface area contributed by atoms with Gasteiger partial charge in [-0.15, -0.1) is 0 Å². The Morgan fingerprint density at radius 3 is 2.52 bits per heavy atom. The molecule has 4 nitrogen and oxygen atoms in total. The predicted octanol–water partition coefficient (Wildman–Crippen LogP) is 3.80. The van der Waals surface area contributed by atoms with Crippen LogP contribution in [0.4, 0.5) is 0 Å². The van der Waals surface area contributed by atoms with Gasteiger partial charge in [-0.2, -0.15) is 0 Å². The van der Waals surface area contributed by atoms with Gasteiger partial charge < -0.3 is 9.47 Å². The molecule has 3 rings (SSSR count). The Bertz CT molecular complexity index is 772. The van der Waals surface area contributed by atoms with E-state index in [2.05, 4.69) is 9.97 Å². The summed E-state index contributed by atoms with van der Waals surface area (Å²) < 4.78 is 10.6. The Hall–Kier alpha value is -2.27. The molecule has 0 aliphatic heterocycles. The van der Waals surface area contributed by atoms with Crippen LogP contribution in [-0.2, 0) is 0 Å². The quantitative estimate of drug-likeness (QED) is 0.685. The normalized spacial score (nSPS) is 10.6. The minimum absolute atomic E-state index is 0.709. The first-order chi connectivity index (χ1) is 10.3. The molecule has 0 saturated heterocycles. The number of methoxy groups -OCH3 is 2. The fourth-order valence-corrected chi connectivity index (χ4v) is 2.96. The lowest BCUT2D eigenvalue weighted by atomic mass is 10.2. The van der Waals surface area contributed by atoms with E-state index in [0.717, 1.165) is 26.6 Å². The maximum atomic E-state index is 5.33. The maximum absolute atomic E-state index is 5.33. The van der Waals surface area contributed by atoms with Crippen molar-refractivity contribution in [1.29, 1.82) is 0 Å². The summed E-state index contributed by atoms with van der Waals surface area (Å²) in [4.78, 5) is 9.69. The maximum Gasteiger partial charge on any atom is 0.161 e. The monoisotopic (exact) mass is 298 g/mol. The zero-order chi connectivity index (χ0) is 14.7. The third-order valence-corrected chi connectivity index (χ3v) is 4.08. The van der Waals surface area contributed by atoms with Gasteiger partial charge in [0.15, 0.2) is 11.5 Å². The van der Waals surface area contributed by atoms with Crippen LogP contribution in [0.15, 0.2) is 58.7 Å². The number of hydrogen-bond acceptors (Lipinski definition) is 5. The number of fused-ring (bicyclic) bond motifs is 1. The van der Waals surface area contributed by atoms with Crippen LogP contribution in [0.1, 0.15) is 0 Å². The second-order valence-corrected chi connectivity index (χ2v) is 5.38. The first-order valence-corrected chi connectivity index (χ1v) is 7.23. The molecule has 0 aliphatic rings. The number of rotatable bonds is 4. The van der Waals surface area contributed by atoms with Crippen molar-refractivity contribution in [3.8, 4) is 11.5 Å². The van der Waals surface area contributed by atoms with Gasteiger partial charge in [0.05, 0.1) is 19.7 Å². The second-order valence-electron chi connectivity index (χ2n) is 4.31. The molecule has 0 fully saturated rings. The second kappa shape index (κ2) is 6.01. The number of nitrogens with zero attached hydrogens (tertiary/aromatic N) is 2. The molecule has 0 saturated carbocycles. The summed E-state index contributed by atoms with van der Waals surface area (Å²) in [5.41, 5.74) is 0.940. The van der Waals surface area contributed by atoms with Crippen molar-refractivity contribution in [2.75, 3.05) is 14.2 Å². The summed E-state index contributed by atoms with van der Waals surface area (Å²) in [6, 6.07) is 13.8. The van der Waals surface area contributed by atoms with Gasteiger partial charge in [-0.25, -0.2) is 9.97 Å². The van der Waals surface area contributed by atoms with Crippen molar-refractivity contribution < 1.29 is 9.47 Å². The van der Waals surface area contributed by atoms with E-state index >= 15 is 0 Å². The highest BCUT2D eigenvalue weighted by Crippen LogP contribution is 2.36. The lowest BCUT2D eigenvalue weighted by Crippen LogP contribution is -1.91. The summed E-state index contributed by atoms with van der Waals surface area (Å²) in [7, 11) is 3.26. The molecule has 2 aromatic carbocycles. The first kappa shape index (κ1) is 13.7. The highest BCUT2D eigenvalue weighted by molar-refractivity contribution is 7.99. The van der Waals surface area contributed by atoms with Crippen molar-refractivity contribution in [2.45, 2.75) is 9.92 Å². The van der Waals surface area contributed by atoms with Gasteiger partial charge in [0.1, 0.15) is 11.4 Å². The van der Waals surface area contributed by atoms with Crippen molar-refractivity contribution in [3.05, 3.63) is 48.8 Å². The molecule has 1 heterocycles. The Labute approximate surface area is 127 Å². The van der Waals surface area contributed by atoms with Gasteiger partial charge in [-0.1, -0.05) is 30.0 Å². The van der Waals surface area contributed by atoms with Crippen LogP contribution in [0.2, 0.25) is 0 Å². The number of hydrogen-bond donors (Lipinski definition) is 0. The Balaban J connectivity index is 1.99. The van der Waals surface area contributed by atoms with E-state index in [1.54, 1.807) is 32.3 Å². The molecule has 0 aliphatic carbocycles. The minimum atomic E-state index is 0.709. The summed E-state index contributed by atoms with van der Waals surface area (Å²) in [5.74, 6) is 1.43. The van der Waals surface area contributed by atoms with Crippen LogP contribution < -0.4 is 9.47 Å². The molecule has 3 aromatic rings. The molecule has 0 atom stereocenters. The Kier molecular flexibility index (Phi) is 3.92. The molecule has 21 heavy (non-hydrogen) atoms. The zero-order valence-corrected chi connectivity index (χ0v) is 12.6. The standard InChI is InChI=1S/C16H14N2O2S/c1-19-14-8-7-11(9-15(14)20-2)21-16-12-5-3-4-6-13(12)17-10-18-16/h3-10H,1-2H3. The largest absolute Gasteiger partial charge is 0.493 e. The fourth-order valence-electron chi connectivity index (χ4n) is 2.05. The molecule has 0 amide bonds. The van der Waals surface area contributed by atoms with Crippen molar-refractivity contribution in [3.63, 3.8) is 0 Å². The smallest absolute Gasteiger partial charge is 0.161 e. The van der Waals surface area contributed by atoms with E-state index in [4.69, 9.17) is 9.47 Å². The molecular formula is C16H14N2O2S. The van der Waals surface area contributed by atoms with Crippen LogP contribution in [0.5, 0.6) is 11.5 Å². The molecule has 0 bridgehead atoms. The van der Waals surface area contributed by atoms with Crippen LogP contribution >= 0.6 is 11.8 Å². The first-order valence-electron chi connectivity index (χ1n) is 6.41. The molecule has 0 spiro atoms. The lowest BCUT2D eigenvalue weighted by molar-refractivity contribution is 0.354. The Morgan fingerprint density at radius 2 is 1.71 bits per heavy atom. The SMILES string of the molecule is COc1ccc(Sc2ncnc3ccccc23)cc1OC. The van der Waals surface area contributed by atoms with Gasteiger partial charge in [-0.05, 0) is 24.3 Å². The van der Waals surface area contributed by atoms with Gasteiger partial charge in [0.25, 0.3) is 0 Å². The topological polar surface area (TPSA) is 44.2 Å². The fraction of sp³-hybridized carbons (Fsp3) is 0.125. The molecular weight excluding hydrogens is 284 g/mol. The zero-order valence-electron chi connectivity index (χ0n) is 11.7. The van der Waals surface area contributed by atoms with Crippen LogP contribution in [0.25, 0.3) is 10.9 Å². The summed E-state index contributed by atoms with van der Waals surface area (Å²) in [5, 5.41) is 1.97. The van der Waals surface area contributed by atoms with E-state index < -0.39 is 0 Å². The van der Waals surface area contributed by atoms with E-state index in [1.807, 2.05) is 42.5 Å². The summed E-state index contributed by atoms with van der Waals surface area (Å²) in [6.07, 6.45) is 1.59. The average molecular weight is 298 g/mol. The molecule has 0 radical (unpaired) electrons. The predicted molar refractivity (Wildman–Crippen MR) is 83.2 cm³/mol. The third kappa shape index (κ3) is 2.78. The molecule has 0 N–H and O–H groups in total. The summed E-state index contributed by atoms with van der Waals surface area (Å²) in [6.45, 7) is 0.